The van der Waals surface area contributed by atoms with Gasteiger partial charge in [0.2, 0.25) is 5.88 Å². The third kappa shape index (κ3) is 4.99. The maximum Gasteiger partial charge on any atom is 0.239 e. The van der Waals surface area contributed by atoms with E-state index in [0.29, 0.717) is 11.6 Å². The first-order valence-corrected chi connectivity index (χ1v) is 7.17. The smallest absolute Gasteiger partial charge is 0.239 e. The van der Waals surface area contributed by atoms with Crippen LogP contribution in [0.25, 0.3) is 0 Å². The van der Waals surface area contributed by atoms with Crippen LogP contribution in [0.5, 0.6) is 5.88 Å². The average molecular weight is 285 g/mol. The zero-order valence-corrected chi connectivity index (χ0v) is 12.9. The molecule has 4 heteroatoms. The molecule has 0 saturated heterocycles. The number of rotatable bonds is 5. The summed E-state index contributed by atoms with van der Waals surface area (Å²) in [5.41, 5.74) is 7.44. The highest BCUT2D eigenvalue weighted by Crippen LogP contribution is 2.24. The van der Waals surface area contributed by atoms with E-state index < -0.39 is 0 Å². The predicted molar refractivity (Wildman–Crippen MR) is 87.7 cm³/mol. The lowest BCUT2D eigenvalue weighted by Crippen LogP contribution is -2.24. The van der Waals surface area contributed by atoms with Crippen LogP contribution >= 0.6 is 0 Å². The summed E-state index contributed by atoms with van der Waals surface area (Å²) < 4.78 is 5.76. The predicted octanol–water partition coefficient (Wildman–Crippen LogP) is 3.50. The molecule has 0 unspecified atom stereocenters. The van der Waals surface area contributed by atoms with Crippen LogP contribution in [0.15, 0.2) is 42.5 Å². The zero-order chi connectivity index (χ0) is 15.3. The Morgan fingerprint density at radius 2 is 1.81 bits per heavy atom. The molecule has 112 valence electrons. The summed E-state index contributed by atoms with van der Waals surface area (Å²) in [4.78, 5) is 4.43. The quantitative estimate of drug-likeness (QED) is 0.882. The topological polar surface area (TPSA) is 60.2 Å². The minimum Gasteiger partial charge on any atom is -0.470 e. The van der Waals surface area contributed by atoms with E-state index in [1.165, 1.54) is 5.56 Å². The fourth-order valence-electron chi connectivity index (χ4n) is 1.90. The molecular formula is C17H23N3O. The van der Waals surface area contributed by atoms with Crippen molar-refractivity contribution in [3.63, 3.8) is 0 Å². The third-order valence-corrected chi connectivity index (χ3v) is 2.86. The molecule has 0 radical (unpaired) electrons. The fraction of sp³-hybridized carbons (Fsp3) is 0.353. The molecule has 0 saturated carbocycles. The maximum absolute atomic E-state index is 5.90. The van der Waals surface area contributed by atoms with Gasteiger partial charge in [0.25, 0.3) is 0 Å². The minimum absolute atomic E-state index is 0.316. The molecule has 0 aliphatic rings. The van der Waals surface area contributed by atoms with Gasteiger partial charge in [-0.25, -0.2) is 0 Å². The summed E-state index contributed by atoms with van der Waals surface area (Å²) in [7, 11) is 0. The Labute approximate surface area is 126 Å². The Morgan fingerprint density at radius 1 is 1.10 bits per heavy atom. The Morgan fingerprint density at radius 3 is 2.48 bits per heavy atom. The van der Waals surface area contributed by atoms with Gasteiger partial charge in [0.15, 0.2) is 0 Å². The van der Waals surface area contributed by atoms with E-state index >= 15 is 0 Å². The molecule has 1 aromatic heterocycles. The standard InChI is InChI=1S/C17H23N3O/c1-17(2,3)21-16-14(18)9-10-15(20-16)19-12-11-13-7-5-4-6-8-13/h4-10H,11-12,18H2,1-3H3,(H,19,20). The lowest BCUT2D eigenvalue weighted by atomic mass is 10.1. The summed E-state index contributed by atoms with van der Waals surface area (Å²) in [6.45, 7) is 6.74. The summed E-state index contributed by atoms with van der Waals surface area (Å²) >= 11 is 0. The number of nitrogens with two attached hydrogens (primary N) is 1. The van der Waals surface area contributed by atoms with E-state index in [-0.39, 0.29) is 5.60 Å². The number of aromatic nitrogens is 1. The van der Waals surface area contributed by atoms with Crippen LogP contribution in [0.2, 0.25) is 0 Å². The van der Waals surface area contributed by atoms with E-state index in [1.807, 2.05) is 51.1 Å². The van der Waals surface area contributed by atoms with Crippen LogP contribution in [0.3, 0.4) is 0 Å². The van der Waals surface area contributed by atoms with E-state index in [9.17, 15) is 0 Å². The van der Waals surface area contributed by atoms with Gasteiger partial charge in [-0.3, -0.25) is 0 Å². The Balaban J connectivity index is 1.96. The average Bonchev–Trinajstić information content (AvgIpc) is 2.42. The second-order valence-corrected chi connectivity index (χ2v) is 5.97. The first-order valence-electron chi connectivity index (χ1n) is 7.17. The van der Waals surface area contributed by atoms with Gasteiger partial charge in [-0.2, -0.15) is 4.98 Å². The van der Waals surface area contributed by atoms with Crippen LogP contribution < -0.4 is 15.8 Å². The van der Waals surface area contributed by atoms with Gasteiger partial charge in [0, 0.05) is 6.54 Å². The van der Waals surface area contributed by atoms with Crippen molar-refractivity contribution >= 4 is 11.5 Å². The van der Waals surface area contributed by atoms with Gasteiger partial charge in [0.05, 0.1) is 5.69 Å². The highest BCUT2D eigenvalue weighted by atomic mass is 16.5. The molecule has 0 amide bonds. The van der Waals surface area contributed by atoms with Crippen LogP contribution in [0, 0.1) is 0 Å². The fourth-order valence-corrected chi connectivity index (χ4v) is 1.90. The van der Waals surface area contributed by atoms with Crippen molar-refractivity contribution in [1.29, 1.82) is 0 Å². The monoisotopic (exact) mass is 285 g/mol. The van der Waals surface area contributed by atoms with Crippen molar-refractivity contribution in [1.82, 2.24) is 4.98 Å². The molecule has 0 fully saturated rings. The van der Waals surface area contributed by atoms with Gasteiger partial charge in [0.1, 0.15) is 11.4 Å². The first-order chi connectivity index (χ1) is 9.94. The number of hydrogen-bond acceptors (Lipinski definition) is 4. The summed E-state index contributed by atoms with van der Waals surface area (Å²) in [6.07, 6.45) is 0.947. The molecule has 0 aliphatic heterocycles. The largest absolute Gasteiger partial charge is 0.470 e. The molecule has 0 spiro atoms. The van der Waals surface area contributed by atoms with Gasteiger partial charge in [-0.15, -0.1) is 0 Å². The number of benzene rings is 1. The number of ether oxygens (including phenoxy) is 1. The molecule has 2 aromatic rings. The highest BCUT2D eigenvalue weighted by molar-refractivity contribution is 5.53. The van der Waals surface area contributed by atoms with Crippen molar-refractivity contribution in [3.05, 3.63) is 48.0 Å². The molecular weight excluding hydrogens is 262 g/mol. The van der Waals surface area contributed by atoms with Crippen molar-refractivity contribution < 1.29 is 4.74 Å². The van der Waals surface area contributed by atoms with Crippen molar-refractivity contribution in [2.75, 3.05) is 17.6 Å². The first kappa shape index (κ1) is 15.2. The molecule has 4 nitrogen and oxygen atoms in total. The summed E-state index contributed by atoms with van der Waals surface area (Å²) in [5, 5.41) is 3.30. The molecule has 21 heavy (non-hydrogen) atoms. The van der Waals surface area contributed by atoms with Crippen molar-refractivity contribution in [3.8, 4) is 5.88 Å². The van der Waals surface area contributed by atoms with E-state index in [4.69, 9.17) is 10.5 Å². The van der Waals surface area contributed by atoms with Crippen LogP contribution in [-0.4, -0.2) is 17.1 Å². The van der Waals surface area contributed by atoms with Gasteiger partial charge in [-0.1, -0.05) is 30.3 Å². The molecule has 1 aromatic carbocycles. The Kier molecular flexibility index (Phi) is 4.68. The lowest BCUT2D eigenvalue weighted by molar-refractivity contribution is 0.125. The number of pyridine rings is 1. The molecule has 0 aliphatic carbocycles. The highest BCUT2D eigenvalue weighted by Gasteiger charge is 2.15. The number of hydrogen-bond donors (Lipinski definition) is 2. The van der Waals surface area contributed by atoms with Crippen LogP contribution in [0.4, 0.5) is 11.5 Å². The Bertz CT molecular complexity index is 576. The molecule has 3 N–H and O–H groups in total. The van der Waals surface area contributed by atoms with E-state index in [1.54, 1.807) is 0 Å². The lowest BCUT2D eigenvalue weighted by Gasteiger charge is -2.21. The van der Waals surface area contributed by atoms with Gasteiger partial charge in [-0.05, 0) is 44.9 Å². The normalized spacial score (nSPS) is 11.2. The van der Waals surface area contributed by atoms with Crippen LogP contribution in [0.1, 0.15) is 26.3 Å². The molecule has 1 heterocycles. The van der Waals surface area contributed by atoms with E-state index in [2.05, 4.69) is 22.4 Å². The summed E-state index contributed by atoms with van der Waals surface area (Å²) in [6, 6.07) is 14.0. The van der Waals surface area contributed by atoms with Gasteiger partial charge >= 0.3 is 0 Å². The minimum atomic E-state index is -0.316. The number of nitrogens with one attached hydrogen (secondary N) is 1. The third-order valence-electron chi connectivity index (χ3n) is 2.86. The Hall–Kier alpha value is -2.23. The molecule has 0 atom stereocenters. The number of nitrogen functional groups attached to an aromatic ring is 1. The second kappa shape index (κ2) is 6.48. The number of nitrogens with zero attached hydrogens (tertiary/aromatic N) is 1. The number of anilines is 2. The summed E-state index contributed by atoms with van der Waals surface area (Å²) in [5.74, 6) is 1.26. The SMILES string of the molecule is CC(C)(C)Oc1nc(NCCc2ccccc2)ccc1N. The van der Waals surface area contributed by atoms with E-state index in [0.717, 1.165) is 18.8 Å². The molecule has 2 rings (SSSR count). The van der Waals surface area contributed by atoms with Crippen molar-refractivity contribution in [2.24, 2.45) is 0 Å². The second-order valence-electron chi connectivity index (χ2n) is 5.97. The molecule has 0 bridgehead atoms. The van der Waals surface area contributed by atoms with Gasteiger partial charge < -0.3 is 15.8 Å². The zero-order valence-electron chi connectivity index (χ0n) is 12.9. The van der Waals surface area contributed by atoms with Crippen molar-refractivity contribution in [2.45, 2.75) is 32.8 Å². The maximum atomic E-state index is 5.90. The van der Waals surface area contributed by atoms with Crippen LogP contribution in [-0.2, 0) is 6.42 Å².